The van der Waals surface area contributed by atoms with Crippen LogP contribution in [0, 0.1) is 6.92 Å². The second-order valence-electron chi connectivity index (χ2n) is 7.18. The van der Waals surface area contributed by atoms with Gasteiger partial charge < -0.3 is 24.7 Å². The maximum absolute atomic E-state index is 13.5. The molecule has 1 heterocycles. The first kappa shape index (κ1) is 20.3. The molecule has 1 N–H and O–H groups in total. The molecule has 1 atom stereocenters. The number of hydrogen-bond acceptors (Lipinski definition) is 6. The Morgan fingerprint density at radius 1 is 1.06 bits per heavy atom. The number of carboxylic acid groups (broad SMARTS) is 1. The van der Waals surface area contributed by atoms with Gasteiger partial charge in [0, 0.05) is 11.4 Å². The molecule has 0 spiro atoms. The Kier molecular flexibility index (Phi) is 5.49. The molecule has 31 heavy (non-hydrogen) atoms. The van der Waals surface area contributed by atoms with Crippen LogP contribution in [-0.2, 0) is 4.79 Å². The molecule has 1 amide bonds. The summed E-state index contributed by atoms with van der Waals surface area (Å²) in [5.41, 5.74) is 3.86. The molecule has 3 aromatic carbocycles. The highest BCUT2D eigenvalue weighted by molar-refractivity contribution is 6.12. The van der Waals surface area contributed by atoms with Crippen LogP contribution >= 0.6 is 0 Å². The topological polar surface area (TPSA) is 90.9 Å². The van der Waals surface area contributed by atoms with Crippen molar-refractivity contribution in [2.75, 3.05) is 23.9 Å². The van der Waals surface area contributed by atoms with E-state index < -0.39 is 18.7 Å². The molecule has 7 heteroatoms. The third-order valence-corrected chi connectivity index (χ3v) is 5.06. The predicted octanol–water partition coefficient (Wildman–Crippen LogP) is 2.90. The van der Waals surface area contributed by atoms with Gasteiger partial charge in [-0.3, -0.25) is 9.69 Å². The van der Waals surface area contributed by atoms with Crippen molar-refractivity contribution in [2.24, 2.45) is 0 Å². The van der Waals surface area contributed by atoms with Gasteiger partial charge in [-0.2, -0.15) is 0 Å². The molecular formula is C24H21N2O5-. The molecule has 0 bridgehead atoms. The van der Waals surface area contributed by atoms with Crippen LogP contribution in [0.25, 0.3) is 0 Å². The fourth-order valence-corrected chi connectivity index (χ4v) is 3.64. The van der Waals surface area contributed by atoms with Crippen molar-refractivity contribution < 1.29 is 24.2 Å². The van der Waals surface area contributed by atoms with Crippen molar-refractivity contribution in [1.82, 2.24) is 0 Å². The van der Waals surface area contributed by atoms with E-state index in [0.29, 0.717) is 11.3 Å². The zero-order valence-electron chi connectivity index (χ0n) is 17.1. The average Bonchev–Trinajstić information content (AvgIpc) is 2.77. The normalized spacial score (nSPS) is 15.1. The quantitative estimate of drug-likeness (QED) is 0.663. The summed E-state index contributed by atoms with van der Waals surface area (Å²) in [6, 6.07) is 20.2. The molecule has 0 aromatic heterocycles. The fourth-order valence-electron chi connectivity index (χ4n) is 3.64. The van der Waals surface area contributed by atoms with E-state index in [2.05, 4.69) is 5.32 Å². The zero-order valence-corrected chi connectivity index (χ0v) is 17.1. The molecule has 0 saturated heterocycles. The van der Waals surface area contributed by atoms with Crippen molar-refractivity contribution >= 4 is 23.3 Å². The molecule has 3 aromatic rings. The second kappa shape index (κ2) is 8.39. The molecule has 1 aliphatic rings. The molecule has 0 unspecified atom stereocenters. The molecular weight excluding hydrogens is 396 g/mol. The van der Waals surface area contributed by atoms with Gasteiger partial charge in [-0.1, -0.05) is 30.3 Å². The third-order valence-electron chi connectivity index (χ3n) is 5.06. The van der Waals surface area contributed by atoms with Crippen LogP contribution in [0.5, 0.6) is 11.5 Å². The summed E-state index contributed by atoms with van der Waals surface area (Å²) in [4.78, 5) is 25.9. The van der Waals surface area contributed by atoms with Gasteiger partial charge in [-0.05, 0) is 54.4 Å². The number of ether oxygens (including phenoxy) is 2. The lowest BCUT2D eigenvalue weighted by atomic mass is 10.0. The number of fused-ring (bicyclic) bond motifs is 1. The minimum atomic E-state index is -1.33. The summed E-state index contributed by atoms with van der Waals surface area (Å²) in [5, 5.41) is 14.2. The highest BCUT2D eigenvalue weighted by atomic mass is 16.5. The predicted molar refractivity (Wildman–Crippen MR) is 114 cm³/mol. The van der Waals surface area contributed by atoms with Crippen molar-refractivity contribution in [1.29, 1.82) is 0 Å². The van der Waals surface area contributed by atoms with Crippen molar-refractivity contribution in [3.63, 3.8) is 0 Å². The first-order valence-electron chi connectivity index (χ1n) is 9.74. The number of amides is 1. The molecule has 0 radical (unpaired) electrons. The Morgan fingerprint density at radius 2 is 1.87 bits per heavy atom. The number of rotatable bonds is 6. The largest absolute Gasteiger partial charge is 0.546 e. The first-order chi connectivity index (χ1) is 15.0. The lowest BCUT2D eigenvalue weighted by molar-refractivity contribution is -0.307. The maximum Gasteiger partial charge on any atom is 0.262 e. The number of benzene rings is 3. The summed E-state index contributed by atoms with van der Waals surface area (Å²) < 4.78 is 10.6. The van der Waals surface area contributed by atoms with Gasteiger partial charge in [0.05, 0.1) is 18.6 Å². The van der Waals surface area contributed by atoms with Crippen LogP contribution in [0.4, 0.5) is 11.4 Å². The summed E-state index contributed by atoms with van der Waals surface area (Å²) in [7, 11) is 1.47. The molecule has 1 aliphatic heterocycles. The van der Waals surface area contributed by atoms with E-state index in [0.717, 1.165) is 22.5 Å². The zero-order chi connectivity index (χ0) is 22.0. The molecule has 0 aliphatic carbocycles. The molecule has 0 fully saturated rings. The van der Waals surface area contributed by atoms with Crippen LogP contribution in [0.1, 0.15) is 27.7 Å². The molecule has 7 nitrogen and oxygen atoms in total. The van der Waals surface area contributed by atoms with Crippen molar-refractivity contribution in [2.45, 2.75) is 13.1 Å². The Morgan fingerprint density at radius 3 is 2.61 bits per heavy atom. The van der Waals surface area contributed by atoms with Gasteiger partial charge in [0.2, 0.25) is 0 Å². The highest BCUT2D eigenvalue weighted by Crippen LogP contribution is 2.39. The number of methoxy groups -OCH3 is 1. The number of nitrogens with zero attached hydrogens (tertiary/aromatic N) is 1. The number of anilines is 2. The first-order valence-corrected chi connectivity index (χ1v) is 9.74. The van der Waals surface area contributed by atoms with E-state index in [1.807, 2.05) is 49.4 Å². The maximum atomic E-state index is 13.5. The lowest BCUT2D eigenvalue weighted by Crippen LogP contribution is -2.43. The van der Waals surface area contributed by atoms with E-state index in [9.17, 15) is 14.7 Å². The van der Waals surface area contributed by atoms with Crippen LogP contribution in [0.15, 0.2) is 66.7 Å². The number of carbonyl (C=O) groups is 2. The van der Waals surface area contributed by atoms with E-state index in [-0.39, 0.29) is 11.7 Å². The smallest absolute Gasteiger partial charge is 0.262 e. The Labute approximate surface area is 179 Å². The number of carboxylic acids is 1. The van der Waals surface area contributed by atoms with Crippen molar-refractivity contribution in [3.8, 4) is 11.5 Å². The lowest BCUT2D eigenvalue weighted by Gasteiger charge is -2.38. The number of nitrogens with one attached hydrogen (secondary N) is 1. The van der Waals surface area contributed by atoms with Gasteiger partial charge in [-0.15, -0.1) is 0 Å². The van der Waals surface area contributed by atoms with Gasteiger partial charge in [-0.25, -0.2) is 0 Å². The van der Waals surface area contributed by atoms with Gasteiger partial charge in [0.15, 0.2) is 11.5 Å². The second-order valence-corrected chi connectivity index (χ2v) is 7.18. The molecule has 158 valence electrons. The number of para-hydroxylation sites is 1. The van der Waals surface area contributed by atoms with Crippen LogP contribution < -0.4 is 24.8 Å². The number of aliphatic carboxylic acids is 1. The number of aryl methyl sites for hydroxylation is 1. The third kappa shape index (κ3) is 4.02. The van der Waals surface area contributed by atoms with Crippen LogP contribution in [0.3, 0.4) is 0 Å². The van der Waals surface area contributed by atoms with E-state index in [4.69, 9.17) is 9.47 Å². The molecule has 0 saturated carbocycles. The van der Waals surface area contributed by atoms with E-state index >= 15 is 0 Å². The van der Waals surface area contributed by atoms with Gasteiger partial charge in [0.1, 0.15) is 12.8 Å². The number of carbonyl (C=O) groups excluding carboxylic acids is 2. The summed E-state index contributed by atoms with van der Waals surface area (Å²) >= 11 is 0. The SMILES string of the molecule is COc1cc([C@@H]2Nc3ccccc3C(=O)N2c2cccc(C)c2)ccc1OCC(=O)[O-]. The average molecular weight is 417 g/mol. The monoisotopic (exact) mass is 417 g/mol. The van der Waals surface area contributed by atoms with E-state index in [1.165, 1.54) is 7.11 Å². The Balaban J connectivity index is 1.79. The molecule has 4 rings (SSSR count). The highest BCUT2D eigenvalue weighted by Gasteiger charge is 2.34. The van der Waals surface area contributed by atoms with Crippen LogP contribution in [-0.4, -0.2) is 25.6 Å². The standard InChI is InChI=1S/C24H22N2O5/c1-15-6-5-7-17(12-15)26-23(25-19-9-4-3-8-18(19)24(26)29)16-10-11-20(21(13-16)30-2)31-14-22(27)28/h3-13,23,25H,14H2,1-2H3,(H,27,28)/p-1/t23-/m1/s1. The summed E-state index contributed by atoms with van der Waals surface area (Å²) in [5.74, 6) is -0.815. The summed E-state index contributed by atoms with van der Waals surface area (Å²) in [6.45, 7) is 1.39. The minimum Gasteiger partial charge on any atom is -0.546 e. The van der Waals surface area contributed by atoms with Crippen molar-refractivity contribution in [3.05, 3.63) is 83.4 Å². The van der Waals surface area contributed by atoms with Crippen LogP contribution in [0.2, 0.25) is 0 Å². The van der Waals surface area contributed by atoms with Gasteiger partial charge in [0.25, 0.3) is 5.91 Å². The Hall–Kier alpha value is -4.00. The number of hydrogen-bond donors (Lipinski definition) is 1. The Bertz CT molecular complexity index is 1140. The fraction of sp³-hybridized carbons (Fsp3) is 0.167. The minimum absolute atomic E-state index is 0.124. The van der Waals surface area contributed by atoms with Gasteiger partial charge >= 0.3 is 0 Å². The summed E-state index contributed by atoms with van der Waals surface area (Å²) in [6.07, 6.45) is -0.506. The van der Waals surface area contributed by atoms with E-state index in [1.54, 1.807) is 29.2 Å².